The van der Waals surface area contributed by atoms with Gasteiger partial charge in [0.15, 0.2) is 11.5 Å². The maximum atomic E-state index is 14.3. The summed E-state index contributed by atoms with van der Waals surface area (Å²) in [6, 6.07) is 22.0. The number of nitrogens with zero attached hydrogens (tertiary/aromatic N) is 1. The number of fused-ring (bicyclic) bond motifs is 1. The zero-order valence-corrected chi connectivity index (χ0v) is 22.5. The van der Waals surface area contributed by atoms with Gasteiger partial charge in [-0.3, -0.25) is 14.5 Å². The molecular formula is C32H35N3O4. The zero-order valence-electron chi connectivity index (χ0n) is 22.5. The van der Waals surface area contributed by atoms with Gasteiger partial charge >= 0.3 is 0 Å². The Labute approximate surface area is 229 Å². The summed E-state index contributed by atoms with van der Waals surface area (Å²) >= 11 is 0. The van der Waals surface area contributed by atoms with Crippen LogP contribution in [0.5, 0.6) is 11.5 Å². The molecule has 202 valence electrons. The Kier molecular flexibility index (Phi) is 8.16. The summed E-state index contributed by atoms with van der Waals surface area (Å²) < 4.78 is 11.0. The van der Waals surface area contributed by atoms with E-state index in [9.17, 15) is 9.59 Å². The number of hydrogen-bond donors (Lipinski definition) is 2. The largest absolute Gasteiger partial charge is 0.493 e. The van der Waals surface area contributed by atoms with Gasteiger partial charge in [-0.15, -0.1) is 0 Å². The highest BCUT2D eigenvalue weighted by Crippen LogP contribution is 2.36. The topological polar surface area (TPSA) is 83.7 Å². The summed E-state index contributed by atoms with van der Waals surface area (Å²) in [4.78, 5) is 33.2. The van der Waals surface area contributed by atoms with Gasteiger partial charge in [-0.25, -0.2) is 0 Å². The summed E-state index contributed by atoms with van der Waals surface area (Å²) in [5, 5.41) is 4.25. The number of methoxy groups -OCH3 is 2. The first-order valence-corrected chi connectivity index (χ1v) is 13.5. The second kappa shape index (κ2) is 12.1. The van der Waals surface area contributed by atoms with Gasteiger partial charge in [0.05, 0.1) is 20.6 Å². The molecule has 0 radical (unpaired) electrons. The monoisotopic (exact) mass is 525 g/mol. The number of aromatic nitrogens is 1. The molecule has 0 saturated heterocycles. The van der Waals surface area contributed by atoms with Gasteiger partial charge in [0.2, 0.25) is 11.8 Å². The SMILES string of the molecule is COc1ccc(N(C(=O)Cc2c[nH]c3ccccc23)C(C(=O)NC2CCCCC2)c2ccccc2)cc1OC. The fraction of sp³-hybridized carbons (Fsp3) is 0.312. The predicted octanol–water partition coefficient (Wildman–Crippen LogP) is 5.95. The number of ether oxygens (including phenoxy) is 2. The lowest BCUT2D eigenvalue weighted by molar-refractivity contribution is -0.127. The number of carbonyl (C=O) groups excluding carboxylic acids is 2. The number of rotatable bonds is 9. The molecule has 1 aliphatic rings. The third-order valence-electron chi connectivity index (χ3n) is 7.50. The normalized spacial score (nSPS) is 14.5. The lowest BCUT2D eigenvalue weighted by Crippen LogP contribution is -2.47. The number of amides is 2. The van der Waals surface area contributed by atoms with Crippen LogP contribution in [-0.2, 0) is 16.0 Å². The molecule has 7 heteroatoms. The smallest absolute Gasteiger partial charge is 0.248 e. The van der Waals surface area contributed by atoms with E-state index in [1.54, 1.807) is 37.3 Å². The van der Waals surface area contributed by atoms with Crippen LogP contribution in [0, 0.1) is 0 Å². The maximum absolute atomic E-state index is 14.3. The number of nitrogens with one attached hydrogen (secondary N) is 2. The van der Waals surface area contributed by atoms with Crippen LogP contribution in [0.4, 0.5) is 5.69 Å². The molecule has 0 spiro atoms. The van der Waals surface area contributed by atoms with E-state index < -0.39 is 6.04 Å². The van der Waals surface area contributed by atoms with Gasteiger partial charge in [0, 0.05) is 34.9 Å². The average molecular weight is 526 g/mol. The van der Waals surface area contributed by atoms with Gasteiger partial charge in [-0.1, -0.05) is 67.8 Å². The molecule has 1 heterocycles. The molecule has 1 fully saturated rings. The van der Waals surface area contributed by atoms with Crippen LogP contribution in [0.1, 0.15) is 49.3 Å². The molecule has 1 aliphatic carbocycles. The van der Waals surface area contributed by atoms with Crippen molar-refractivity contribution in [2.45, 2.75) is 50.6 Å². The van der Waals surface area contributed by atoms with Gasteiger partial charge < -0.3 is 19.8 Å². The first-order chi connectivity index (χ1) is 19.1. The quantitative estimate of drug-likeness (QED) is 0.283. The predicted molar refractivity (Wildman–Crippen MR) is 153 cm³/mol. The molecule has 1 unspecified atom stereocenters. The number of benzene rings is 3. The number of anilines is 1. The van der Waals surface area contributed by atoms with Gasteiger partial charge in [0.25, 0.3) is 0 Å². The standard InChI is InChI=1S/C32H35N3O4/c1-38-28-18-17-25(20-29(28)39-2)35(30(36)19-23-21-33-27-16-10-9-15-26(23)27)31(22-11-5-3-6-12-22)32(37)34-24-13-7-4-8-14-24/h3,5-6,9-12,15-18,20-21,24,31,33H,4,7-8,13-14,19H2,1-2H3,(H,34,37). The number of H-pyrrole nitrogens is 1. The van der Waals surface area contributed by atoms with Crippen molar-refractivity contribution < 1.29 is 19.1 Å². The molecule has 1 aromatic heterocycles. The highest BCUT2D eigenvalue weighted by molar-refractivity contribution is 6.03. The van der Waals surface area contributed by atoms with Crippen molar-refractivity contribution in [3.63, 3.8) is 0 Å². The third-order valence-corrected chi connectivity index (χ3v) is 7.50. The Hall–Kier alpha value is -4.26. The van der Waals surface area contributed by atoms with Crippen molar-refractivity contribution in [1.82, 2.24) is 10.3 Å². The first-order valence-electron chi connectivity index (χ1n) is 13.5. The zero-order chi connectivity index (χ0) is 27.2. The lowest BCUT2D eigenvalue weighted by atomic mass is 9.94. The van der Waals surface area contributed by atoms with Crippen molar-refractivity contribution in [2.75, 3.05) is 19.1 Å². The van der Waals surface area contributed by atoms with Crippen molar-refractivity contribution >= 4 is 28.4 Å². The highest BCUT2D eigenvalue weighted by atomic mass is 16.5. The number of hydrogen-bond acceptors (Lipinski definition) is 4. The van der Waals surface area contributed by atoms with E-state index in [1.807, 2.05) is 60.8 Å². The fourth-order valence-corrected chi connectivity index (χ4v) is 5.52. The number of aromatic amines is 1. The second-order valence-corrected chi connectivity index (χ2v) is 10.00. The maximum Gasteiger partial charge on any atom is 0.248 e. The van der Waals surface area contributed by atoms with E-state index in [-0.39, 0.29) is 24.3 Å². The molecule has 0 bridgehead atoms. The van der Waals surface area contributed by atoms with Gasteiger partial charge in [-0.05, 0) is 42.2 Å². The second-order valence-electron chi connectivity index (χ2n) is 10.00. The number of carbonyl (C=O) groups is 2. The minimum absolute atomic E-state index is 0.105. The highest BCUT2D eigenvalue weighted by Gasteiger charge is 2.34. The van der Waals surface area contributed by atoms with E-state index in [2.05, 4.69) is 10.3 Å². The molecular weight excluding hydrogens is 490 g/mol. The molecule has 39 heavy (non-hydrogen) atoms. The fourth-order valence-electron chi connectivity index (χ4n) is 5.52. The van der Waals surface area contributed by atoms with Crippen molar-refractivity contribution in [2.24, 2.45) is 0 Å². The average Bonchev–Trinajstić information content (AvgIpc) is 3.38. The van der Waals surface area contributed by atoms with E-state index >= 15 is 0 Å². The molecule has 3 aromatic carbocycles. The molecule has 5 rings (SSSR count). The summed E-state index contributed by atoms with van der Waals surface area (Å²) in [7, 11) is 3.13. The molecule has 1 atom stereocenters. The van der Waals surface area contributed by atoms with Crippen LogP contribution in [-0.4, -0.2) is 37.1 Å². The molecule has 2 N–H and O–H groups in total. The molecule has 1 saturated carbocycles. The summed E-state index contributed by atoms with van der Waals surface area (Å²) in [6.07, 6.45) is 7.28. The lowest BCUT2D eigenvalue weighted by Gasteiger charge is -2.34. The van der Waals surface area contributed by atoms with Crippen molar-refractivity contribution in [3.8, 4) is 11.5 Å². The summed E-state index contributed by atoms with van der Waals surface area (Å²) in [5.74, 6) is 0.655. The van der Waals surface area contributed by atoms with Gasteiger partial charge in [0.1, 0.15) is 6.04 Å². The van der Waals surface area contributed by atoms with Crippen LogP contribution < -0.4 is 19.7 Å². The minimum Gasteiger partial charge on any atom is -0.493 e. The van der Waals surface area contributed by atoms with E-state index in [4.69, 9.17) is 9.47 Å². The Balaban J connectivity index is 1.58. The van der Waals surface area contributed by atoms with Crippen molar-refractivity contribution in [3.05, 3.63) is 90.1 Å². The Morgan fingerprint density at radius 3 is 2.38 bits per heavy atom. The van der Waals surface area contributed by atoms with Crippen LogP contribution in [0.3, 0.4) is 0 Å². The van der Waals surface area contributed by atoms with E-state index in [0.717, 1.165) is 47.7 Å². The Morgan fingerprint density at radius 2 is 1.64 bits per heavy atom. The summed E-state index contributed by atoms with van der Waals surface area (Å²) in [5.41, 5.74) is 3.14. The van der Waals surface area contributed by atoms with Crippen LogP contribution in [0.25, 0.3) is 10.9 Å². The molecule has 0 aliphatic heterocycles. The first kappa shape index (κ1) is 26.4. The van der Waals surface area contributed by atoms with Gasteiger partial charge in [-0.2, -0.15) is 0 Å². The summed E-state index contributed by atoms with van der Waals surface area (Å²) in [6.45, 7) is 0. The van der Waals surface area contributed by atoms with Crippen LogP contribution in [0.15, 0.2) is 79.0 Å². The molecule has 7 nitrogen and oxygen atoms in total. The Bertz CT molecular complexity index is 1430. The van der Waals surface area contributed by atoms with E-state index in [0.29, 0.717) is 17.2 Å². The Morgan fingerprint density at radius 1 is 0.923 bits per heavy atom. The van der Waals surface area contributed by atoms with Crippen molar-refractivity contribution in [1.29, 1.82) is 0 Å². The molecule has 4 aromatic rings. The third kappa shape index (κ3) is 5.77. The number of para-hydroxylation sites is 1. The minimum atomic E-state index is -0.857. The van der Waals surface area contributed by atoms with E-state index in [1.165, 1.54) is 6.42 Å². The molecule has 2 amide bonds. The van der Waals surface area contributed by atoms with Crippen LogP contribution in [0.2, 0.25) is 0 Å². The van der Waals surface area contributed by atoms with Crippen LogP contribution >= 0.6 is 0 Å².